The molecule has 0 N–H and O–H groups in total. The molecule has 0 bridgehead atoms. The molecular formula is C17H19BF4N2O2. The van der Waals surface area contributed by atoms with E-state index in [0.717, 1.165) is 12.1 Å². The molecule has 9 heteroatoms. The third-order valence-corrected chi connectivity index (χ3v) is 4.88. The summed E-state index contributed by atoms with van der Waals surface area (Å²) in [5.41, 5.74) is -1.22. The molecule has 140 valence electrons. The van der Waals surface area contributed by atoms with Gasteiger partial charge in [-0.2, -0.15) is 17.6 Å². The van der Waals surface area contributed by atoms with Gasteiger partial charge in [0.05, 0.1) is 28.8 Å². The molecule has 0 saturated carbocycles. The van der Waals surface area contributed by atoms with Crippen LogP contribution in [0.25, 0.3) is 0 Å². The summed E-state index contributed by atoms with van der Waals surface area (Å²) in [5.74, 6) is -0.726. The van der Waals surface area contributed by atoms with Gasteiger partial charge in [-0.25, -0.2) is 0 Å². The Morgan fingerprint density at radius 1 is 1.04 bits per heavy atom. The van der Waals surface area contributed by atoms with Crippen LogP contribution in [0.2, 0.25) is 0 Å². The van der Waals surface area contributed by atoms with Crippen molar-refractivity contribution in [3.8, 4) is 0 Å². The number of aromatic nitrogens is 2. The normalized spacial score (nSPS) is 19.2. The molecule has 2 aromatic rings. The van der Waals surface area contributed by atoms with Crippen LogP contribution in [0.3, 0.4) is 0 Å². The molecule has 0 amide bonds. The quantitative estimate of drug-likeness (QED) is 0.614. The maximum atomic E-state index is 14.2. The van der Waals surface area contributed by atoms with Gasteiger partial charge >= 0.3 is 13.3 Å². The molecule has 2 heterocycles. The van der Waals surface area contributed by atoms with Crippen LogP contribution in [0.1, 0.15) is 38.8 Å². The minimum Gasteiger partial charge on any atom is -0.399 e. The molecule has 0 atom stereocenters. The fourth-order valence-electron chi connectivity index (χ4n) is 2.61. The summed E-state index contributed by atoms with van der Waals surface area (Å²) >= 11 is 0. The van der Waals surface area contributed by atoms with E-state index in [1.165, 1.54) is 23.0 Å². The third-order valence-electron chi connectivity index (χ3n) is 4.88. The van der Waals surface area contributed by atoms with E-state index in [9.17, 15) is 17.6 Å². The van der Waals surface area contributed by atoms with E-state index in [0.29, 0.717) is 5.56 Å². The molecule has 1 aromatic heterocycles. The van der Waals surface area contributed by atoms with E-state index in [1.54, 1.807) is 0 Å². The Hall–Kier alpha value is -1.87. The molecule has 0 radical (unpaired) electrons. The van der Waals surface area contributed by atoms with E-state index >= 15 is 0 Å². The summed E-state index contributed by atoms with van der Waals surface area (Å²) in [4.78, 5) is 0. The van der Waals surface area contributed by atoms with Crippen molar-refractivity contribution in [2.45, 2.75) is 51.6 Å². The molecule has 1 aromatic carbocycles. The fraction of sp³-hybridized carbons (Fsp3) is 0.471. The predicted octanol–water partition coefficient (Wildman–Crippen LogP) is 3.39. The number of hydrogen-bond donors (Lipinski definition) is 0. The van der Waals surface area contributed by atoms with Crippen LogP contribution in [-0.2, 0) is 22.0 Å². The zero-order valence-corrected chi connectivity index (χ0v) is 14.9. The minimum atomic E-state index is -4.39. The molecule has 3 rings (SSSR count). The summed E-state index contributed by atoms with van der Waals surface area (Å²) in [6.07, 6.45) is -2.94. The average molecular weight is 370 g/mol. The Kier molecular flexibility index (Phi) is 4.43. The molecule has 0 unspecified atom stereocenters. The predicted molar refractivity (Wildman–Crippen MR) is 88.4 cm³/mol. The lowest BCUT2D eigenvalue weighted by molar-refractivity contribution is -0.137. The zero-order valence-electron chi connectivity index (χ0n) is 14.9. The number of benzene rings is 1. The first kappa shape index (κ1) is 18.9. The number of halogens is 4. The van der Waals surface area contributed by atoms with Gasteiger partial charge in [0.2, 0.25) is 5.95 Å². The summed E-state index contributed by atoms with van der Waals surface area (Å²) in [5, 5.41) is 3.78. The number of nitrogens with zero attached hydrogens (tertiary/aromatic N) is 2. The lowest BCUT2D eigenvalue weighted by Gasteiger charge is -2.32. The molecule has 4 nitrogen and oxygen atoms in total. The van der Waals surface area contributed by atoms with Gasteiger partial charge in [-0.1, -0.05) is 12.1 Å². The molecule has 1 fully saturated rings. The van der Waals surface area contributed by atoms with Crippen molar-refractivity contribution in [1.29, 1.82) is 0 Å². The largest absolute Gasteiger partial charge is 0.501 e. The van der Waals surface area contributed by atoms with Crippen molar-refractivity contribution in [3.05, 3.63) is 47.5 Å². The number of rotatable bonds is 3. The smallest absolute Gasteiger partial charge is 0.399 e. The van der Waals surface area contributed by atoms with Crippen LogP contribution in [0.4, 0.5) is 17.6 Å². The van der Waals surface area contributed by atoms with Crippen LogP contribution >= 0.6 is 0 Å². The summed E-state index contributed by atoms with van der Waals surface area (Å²) in [6, 6.07) is 4.67. The highest BCUT2D eigenvalue weighted by molar-refractivity contribution is 6.62. The molecule has 26 heavy (non-hydrogen) atoms. The lowest BCUT2D eigenvalue weighted by atomic mass is 9.81. The highest BCUT2D eigenvalue weighted by Gasteiger charge is 2.53. The Bertz CT molecular complexity index is 784. The van der Waals surface area contributed by atoms with Crippen molar-refractivity contribution in [3.63, 3.8) is 0 Å². The number of hydrogen-bond acceptors (Lipinski definition) is 3. The number of alkyl halides is 3. The maximum absolute atomic E-state index is 14.2. The van der Waals surface area contributed by atoms with Crippen molar-refractivity contribution in [1.82, 2.24) is 9.78 Å². The summed E-state index contributed by atoms with van der Waals surface area (Å²) in [6.45, 7) is 7.57. The first-order chi connectivity index (χ1) is 11.9. The molecule has 0 spiro atoms. The lowest BCUT2D eigenvalue weighted by Crippen LogP contribution is -2.41. The first-order valence-electron chi connectivity index (χ1n) is 8.14. The van der Waals surface area contributed by atoms with Gasteiger partial charge in [-0.05, 0) is 45.4 Å². The highest BCUT2D eigenvalue weighted by Crippen LogP contribution is 2.36. The SMILES string of the molecule is CC1(C)OB(c2cn(Cc3ccc(C(F)(F)F)cc3)nc2F)OC1(C)C. The topological polar surface area (TPSA) is 36.3 Å². The van der Waals surface area contributed by atoms with Gasteiger partial charge in [-0.3, -0.25) is 4.68 Å². The summed E-state index contributed by atoms with van der Waals surface area (Å²) in [7, 11) is -0.888. The Balaban J connectivity index is 1.77. The molecule has 1 aliphatic rings. The van der Waals surface area contributed by atoms with E-state index in [4.69, 9.17) is 9.31 Å². The second-order valence-electron chi connectivity index (χ2n) is 7.36. The van der Waals surface area contributed by atoms with Crippen LogP contribution in [0, 0.1) is 5.95 Å². The van der Waals surface area contributed by atoms with Crippen LogP contribution in [-0.4, -0.2) is 28.1 Å². The van der Waals surface area contributed by atoms with Crippen molar-refractivity contribution in [2.75, 3.05) is 0 Å². The van der Waals surface area contributed by atoms with E-state index in [-0.39, 0.29) is 12.0 Å². The van der Waals surface area contributed by atoms with E-state index in [1.807, 2.05) is 27.7 Å². The van der Waals surface area contributed by atoms with Crippen LogP contribution in [0.5, 0.6) is 0 Å². The van der Waals surface area contributed by atoms with Crippen LogP contribution < -0.4 is 5.46 Å². The zero-order chi connectivity index (χ0) is 19.3. The maximum Gasteiger partial charge on any atom is 0.501 e. The molecule has 1 aliphatic heterocycles. The standard InChI is InChI=1S/C17H19BF4N2O2/c1-15(2)16(3,4)26-18(25-15)13-10-24(23-14(13)19)9-11-5-7-12(8-6-11)17(20,21)22/h5-8,10H,9H2,1-4H3. The van der Waals surface area contributed by atoms with Gasteiger partial charge < -0.3 is 9.31 Å². The Labute approximate surface area is 149 Å². The van der Waals surface area contributed by atoms with Gasteiger partial charge in [0.1, 0.15) is 0 Å². The molecular weight excluding hydrogens is 351 g/mol. The van der Waals surface area contributed by atoms with Crippen molar-refractivity contribution < 1.29 is 26.9 Å². The third kappa shape index (κ3) is 3.50. The van der Waals surface area contributed by atoms with Crippen molar-refractivity contribution >= 4 is 12.6 Å². The Morgan fingerprint density at radius 3 is 2.08 bits per heavy atom. The van der Waals surface area contributed by atoms with Gasteiger partial charge in [0, 0.05) is 6.20 Å². The van der Waals surface area contributed by atoms with Gasteiger partial charge in [0.15, 0.2) is 0 Å². The first-order valence-corrected chi connectivity index (χ1v) is 8.14. The highest BCUT2D eigenvalue weighted by atomic mass is 19.4. The Morgan fingerprint density at radius 2 is 1.58 bits per heavy atom. The second kappa shape index (κ2) is 6.09. The second-order valence-corrected chi connectivity index (χ2v) is 7.36. The van der Waals surface area contributed by atoms with Crippen LogP contribution in [0.15, 0.2) is 30.5 Å². The van der Waals surface area contributed by atoms with Gasteiger partial charge in [-0.15, -0.1) is 5.10 Å². The molecule has 1 saturated heterocycles. The minimum absolute atomic E-state index is 0.133. The molecule has 0 aliphatic carbocycles. The monoisotopic (exact) mass is 370 g/mol. The van der Waals surface area contributed by atoms with E-state index in [2.05, 4.69) is 5.10 Å². The van der Waals surface area contributed by atoms with Gasteiger partial charge in [0.25, 0.3) is 0 Å². The average Bonchev–Trinajstić information content (AvgIpc) is 2.95. The van der Waals surface area contributed by atoms with Crippen molar-refractivity contribution in [2.24, 2.45) is 0 Å². The summed E-state index contributed by atoms with van der Waals surface area (Å²) < 4.78 is 65.0. The van der Waals surface area contributed by atoms with E-state index < -0.39 is 36.0 Å². The fourth-order valence-corrected chi connectivity index (χ4v) is 2.61.